The Bertz CT molecular complexity index is 145. The second-order valence-electron chi connectivity index (χ2n) is 2.40. The van der Waals surface area contributed by atoms with Crippen LogP contribution in [0.25, 0.3) is 0 Å². The number of ether oxygens (including phenoxy) is 1. The van der Waals surface area contributed by atoms with E-state index in [2.05, 4.69) is 5.32 Å². The fourth-order valence-electron chi connectivity index (χ4n) is 0.977. The van der Waals surface area contributed by atoms with Crippen LogP contribution in [0.3, 0.4) is 0 Å². The van der Waals surface area contributed by atoms with E-state index in [1.807, 2.05) is 13.0 Å². The normalized spacial score (nSPS) is 30.9. The number of carbonyl (C=O) groups excluding carboxylic acids is 1. The van der Waals surface area contributed by atoms with Gasteiger partial charge in [0.2, 0.25) is 6.41 Å². The number of rotatable bonds is 2. The van der Waals surface area contributed by atoms with Crippen LogP contribution >= 0.6 is 0 Å². The molecule has 0 aromatic heterocycles. The zero-order chi connectivity index (χ0) is 7.40. The van der Waals surface area contributed by atoms with Crippen LogP contribution < -0.4 is 5.32 Å². The molecular weight excluding hydrogens is 130 g/mol. The van der Waals surface area contributed by atoms with Crippen molar-refractivity contribution in [3.8, 4) is 0 Å². The summed E-state index contributed by atoms with van der Waals surface area (Å²) in [6, 6.07) is 0.154. The Labute approximate surface area is 60.1 Å². The Balaban J connectivity index is 2.38. The van der Waals surface area contributed by atoms with Crippen LogP contribution in [0.1, 0.15) is 13.3 Å². The third-order valence-corrected chi connectivity index (χ3v) is 1.49. The molecule has 0 aliphatic carbocycles. The van der Waals surface area contributed by atoms with Gasteiger partial charge < -0.3 is 10.1 Å². The molecule has 10 heavy (non-hydrogen) atoms. The molecule has 1 N–H and O–H groups in total. The van der Waals surface area contributed by atoms with Crippen molar-refractivity contribution in [1.82, 2.24) is 5.32 Å². The number of amides is 1. The molecule has 0 fully saturated rings. The maximum absolute atomic E-state index is 9.99. The van der Waals surface area contributed by atoms with Gasteiger partial charge in [-0.15, -0.1) is 0 Å². The third-order valence-electron chi connectivity index (χ3n) is 1.49. The number of nitrogens with one attached hydrogen (secondary N) is 1. The van der Waals surface area contributed by atoms with Crippen LogP contribution in [0.4, 0.5) is 0 Å². The smallest absolute Gasteiger partial charge is 0.207 e. The molecule has 0 aromatic carbocycles. The van der Waals surface area contributed by atoms with E-state index in [1.54, 1.807) is 6.26 Å². The number of hydrogen-bond acceptors (Lipinski definition) is 2. The van der Waals surface area contributed by atoms with Crippen molar-refractivity contribution < 1.29 is 9.53 Å². The first-order chi connectivity index (χ1) is 4.83. The van der Waals surface area contributed by atoms with Gasteiger partial charge in [-0.25, -0.2) is 0 Å². The molecule has 3 nitrogen and oxygen atoms in total. The minimum Gasteiger partial charge on any atom is -0.498 e. The van der Waals surface area contributed by atoms with Crippen molar-refractivity contribution in [2.45, 2.75) is 25.5 Å². The fraction of sp³-hybridized carbons (Fsp3) is 0.571. The first kappa shape index (κ1) is 7.12. The Morgan fingerprint density at radius 1 is 1.80 bits per heavy atom. The summed E-state index contributed by atoms with van der Waals surface area (Å²) in [6.45, 7) is 1.98. The van der Waals surface area contributed by atoms with Gasteiger partial charge in [0.05, 0.1) is 18.4 Å². The summed E-state index contributed by atoms with van der Waals surface area (Å²) in [5.74, 6) is 0. The third kappa shape index (κ3) is 1.76. The molecule has 56 valence electrons. The van der Waals surface area contributed by atoms with Gasteiger partial charge in [0.15, 0.2) is 0 Å². The minimum absolute atomic E-state index is 0.154. The monoisotopic (exact) mass is 141 g/mol. The van der Waals surface area contributed by atoms with Gasteiger partial charge in [0.1, 0.15) is 0 Å². The Morgan fingerprint density at radius 3 is 3.20 bits per heavy atom. The molecule has 1 rings (SSSR count). The van der Waals surface area contributed by atoms with E-state index in [0.29, 0.717) is 6.41 Å². The minimum atomic E-state index is 0.154. The molecular formula is C7H11NO2. The highest BCUT2D eigenvalue weighted by molar-refractivity contribution is 5.47. The number of hydrogen-bond donors (Lipinski definition) is 1. The summed E-state index contributed by atoms with van der Waals surface area (Å²) in [6.07, 6.45) is 5.26. The molecule has 1 aliphatic rings. The second kappa shape index (κ2) is 3.25. The summed E-state index contributed by atoms with van der Waals surface area (Å²) in [4.78, 5) is 9.99. The highest BCUT2D eigenvalue weighted by atomic mass is 16.5. The van der Waals surface area contributed by atoms with Gasteiger partial charge in [-0.05, 0) is 13.0 Å². The summed E-state index contributed by atoms with van der Waals surface area (Å²) in [5, 5.41) is 2.67. The molecule has 0 unspecified atom stereocenters. The molecule has 1 amide bonds. The van der Waals surface area contributed by atoms with Crippen molar-refractivity contribution in [1.29, 1.82) is 0 Å². The molecule has 1 heterocycles. The predicted molar refractivity (Wildman–Crippen MR) is 37.3 cm³/mol. The molecule has 0 aromatic rings. The largest absolute Gasteiger partial charge is 0.498 e. The molecule has 1 aliphatic heterocycles. The summed E-state index contributed by atoms with van der Waals surface area (Å²) in [7, 11) is 0. The van der Waals surface area contributed by atoms with E-state index in [0.717, 1.165) is 6.42 Å². The van der Waals surface area contributed by atoms with Crippen LogP contribution in [-0.2, 0) is 9.53 Å². The summed E-state index contributed by atoms with van der Waals surface area (Å²) in [5.41, 5.74) is 0. The van der Waals surface area contributed by atoms with E-state index in [1.165, 1.54) is 0 Å². The predicted octanol–water partition coefficient (Wildman–Crippen LogP) is 0.423. The average molecular weight is 141 g/mol. The van der Waals surface area contributed by atoms with Crippen LogP contribution in [0.15, 0.2) is 12.3 Å². The topological polar surface area (TPSA) is 38.3 Å². The lowest BCUT2D eigenvalue weighted by atomic mass is 10.1. The molecule has 0 saturated carbocycles. The van der Waals surface area contributed by atoms with Gasteiger partial charge >= 0.3 is 0 Å². The van der Waals surface area contributed by atoms with Crippen LogP contribution in [0.2, 0.25) is 0 Å². The first-order valence-corrected chi connectivity index (χ1v) is 3.34. The Hall–Kier alpha value is -0.990. The van der Waals surface area contributed by atoms with Crippen molar-refractivity contribution in [3.63, 3.8) is 0 Å². The van der Waals surface area contributed by atoms with Crippen LogP contribution in [-0.4, -0.2) is 18.6 Å². The SMILES string of the molecule is C[C@@H]1C[C@@H](NC=O)C=CO1. The van der Waals surface area contributed by atoms with Crippen molar-refractivity contribution >= 4 is 6.41 Å². The molecule has 0 radical (unpaired) electrons. The quantitative estimate of drug-likeness (QED) is 0.566. The van der Waals surface area contributed by atoms with Crippen LogP contribution in [0.5, 0.6) is 0 Å². The molecule has 0 spiro atoms. The zero-order valence-corrected chi connectivity index (χ0v) is 5.91. The standard InChI is InChI=1S/C7H11NO2/c1-6-4-7(8-5-9)2-3-10-6/h2-3,5-7H,4H2,1H3,(H,8,9)/t6-,7+/m1/s1. The van der Waals surface area contributed by atoms with E-state index in [9.17, 15) is 4.79 Å². The van der Waals surface area contributed by atoms with Crippen molar-refractivity contribution in [2.75, 3.05) is 0 Å². The lowest BCUT2D eigenvalue weighted by molar-refractivity contribution is -0.110. The van der Waals surface area contributed by atoms with E-state index in [4.69, 9.17) is 4.74 Å². The molecule has 0 bridgehead atoms. The van der Waals surface area contributed by atoms with E-state index >= 15 is 0 Å². The number of carbonyl (C=O) groups is 1. The summed E-state index contributed by atoms with van der Waals surface area (Å²) >= 11 is 0. The van der Waals surface area contributed by atoms with Gasteiger partial charge in [0, 0.05) is 6.42 Å². The van der Waals surface area contributed by atoms with Gasteiger partial charge in [-0.2, -0.15) is 0 Å². The molecule has 3 heteroatoms. The fourth-order valence-corrected chi connectivity index (χ4v) is 0.977. The van der Waals surface area contributed by atoms with Crippen molar-refractivity contribution in [3.05, 3.63) is 12.3 Å². The van der Waals surface area contributed by atoms with Gasteiger partial charge in [0.25, 0.3) is 0 Å². The van der Waals surface area contributed by atoms with Crippen LogP contribution in [0, 0.1) is 0 Å². The highest BCUT2D eigenvalue weighted by Gasteiger charge is 2.13. The van der Waals surface area contributed by atoms with Gasteiger partial charge in [-0.3, -0.25) is 4.79 Å². The lowest BCUT2D eigenvalue weighted by Gasteiger charge is -2.21. The Morgan fingerprint density at radius 2 is 2.60 bits per heavy atom. The highest BCUT2D eigenvalue weighted by Crippen LogP contribution is 2.09. The lowest BCUT2D eigenvalue weighted by Crippen LogP contribution is -2.31. The molecule has 0 saturated heterocycles. The zero-order valence-electron chi connectivity index (χ0n) is 5.91. The van der Waals surface area contributed by atoms with Gasteiger partial charge in [-0.1, -0.05) is 0 Å². The second-order valence-corrected chi connectivity index (χ2v) is 2.40. The maximum Gasteiger partial charge on any atom is 0.207 e. The molecule has 2 atom stereocenters. The van der Waals surface area contributed by atoms with E-state index in [-0.39, 0.29) is 12.1 Å². The summed E-state index contributed by atoms with van der Waals surface area (Å²) < 4.78 is 5.12. The van der Waals surface area contributed by atoms with E-state index < -0.39 is 0 Å². The maximum atomic E-state index is 9.99. The van der Waals surface area contributed by atoms with Crippen molar-refractivity contribution in [2.24, 2.45) is 0 Å². The average Bonchev–Trinajstić information content (AvgIpc) is 1.88. The Kier molecular flexibility index (Phi) is 2.31. The first-order valence-electron chi connectivity index (χ1n) is 3.34.